The third-order valence-corrected chi connectivity index (χ3v) is 7.35. The molecule has 1 N–H and O–H groups in total. The molecule has 1 saturated carbocycles. The molecular weight excluding hydrogens is 496 g/mol. The minimum atomic E-state index is -1.02. The molecule has 0 atom stereocenters. The van der Waals surface area contributed by atoms with E-state index in [1.54, 1.807) is 42.5 Å². The van der Waals surface area contributed by atoms with Gasteiger partial charge in [-0.05, 0) is 72.2 Å². The van der Waals surface area contributed by atoms with Crippen molar-refractivity contribution >= 4 is 23.6 Å². The highest BCUT2D eigenvalue weighted by molar-refractivity contribution is 7.98. The molecule has 0 bridgehead atoms. The highest BCUT2D eigenvalue weighted by atomic mass is 32.2. The van der Waals surface area contributed by atoms with E-state index in [4.69, 9.17) is 4.74 Å². The SMILES string of the molecule is CSc1cc(F)c(F)cc1-c1ccc(OCc2cccc(C(=O)N(CC(=O)O)C3CCCCC3)c2)cc1. The number of carbonyl (C=O) groups is 2. The van der Waals surface area contributed by atoms with Crippen molar-refractivity contribution < 1.29 is 28.2 Å². The van der Waals surface area contributed by atoms with Crippen molar-refractivity contribution in [3.05, 3.63) is 83.4 Å². The molecule has 1 aliphatic rings. The van der Waals surface area contributed by atoms with Crippen LogP contribution < -0.4 is 4.74 Å². The molecule has 8 heteroatoms. The minimum absolute atomic E-state index is 0.0584. The smallest absolute Gasteiger partial charge is 0.323 e. The summed E-state index contributed by atoms with van der Waals surface area (Å²) in [7, 11) is 0. The number of nitrogens with zero attached hydrogens (tertiary/aromatic N) is 1. The Kier molecular flexibility index (Phi) is 8.82. The van der Waals surface area contributed by atoms with Crippen molar-refractivity contribution in [2.75, 3.05) is 12.8 Å². The van der Waals surface area contributed by atoms with Gasteiger partial charge >= 0.3 is 5.97 Å². The number of hydrogen-bond acceptors (Lipinski definition) is 4. The summed E-state index contributed by atoms with van der Waals surface area (Å²) in [6, 6.07) is 16.5. The van der Waals surface area contributed by atoms with Crippen LogP contribution in [0, 0.1) is 11.6 Å². The molecule has 0 saturated heterocycles. The van der Waals surface area contributed by atoms with Crippen LogP contribution >= 0.6 is 11.8 Å². The van der Waals surface area contributed by atoms with Gasteiger partial charge in [-0.3, -0.25) is 9.59 Å². The maximum absolute atomic E-state index is 13.8. The van der Waals surface area contributed by atoms with E-state index >= 15 is 0 Å². The molecule has 1 fully saturated rings. The predicted octanol–water partition coefficient (Wildman–Crippen LogP) is 6.79. The van der Waals surface area contributed by atoms with Crippen LogP contribution in [0.25, 0.3) is 11.1 Å². The van der Waals surface area contributed by atoms with E-state index in [9.17, 15) is 23.5 Å². The maximum atomic E-state index is 13.8. The maximum Gasteiger partial charge on any atom is 0.323 e. The van der Waals surface area contributed by atoms with E-state index in [-0.39, 0.29) is 25.1 Å². The summed E-state index contributed by atoms with van der Waals surface area (Å²) in [5.41, 5.74) is 2.56. The largest absolute Gasteiger partial charge is 0.489 e. The highest BCUT2D eigenvalue weighted by Gasteiger charge is 2.28. The van der Waals surface area contributed by atoms with Gasteiger partial charge < -0.3 is 14.7 Å². The zero-order valence-corrected chi connectivity index (χ0v) is 21.4. The van der Waals surface area contributed by atoms with E-state index in [0.29, 0.717) is 21.8 Å². The van der Waals surface area contributed by atoms with Gasteiger partial charge in [-0.15, -0.1) is 11.8 Å². The molecule has 194 valence electrons. The summed E-state index contributed by atoms with van der Waals surface area (Å²) in [4.78, 5) is 26.8. The van der Waals surface area contributed by atoms with Crippen LogP contribution in [0.5, 0.6) is 5.75 Å². The Morgan fingerprint density at radius 3 is 2.38 bits per heavy atom. The Bertz CT molecular complexity index is 1260. The minimum Gasteiger partial charge on any atom is -0.489 e. The van der Waals surface area contributed by atoms with Gasteiger partial charge in [0.2, 0.25) is 0 Å². The number of carbonyl (C=O) groups excluding carboxylic acids is 1. The Hall–Kier alpha value is -3.39. The summed E-state index contributed by atoms with van der Waals surface area (Å²) >= 11 is 1.34. The lowest BCUT2D eigenvalue weighted by Gasteiger charge is -2.33. The van der Waals surface area contributed by atoms with Crippen molar-refractivity contribution in [3.8, 4) is 16.9 Å². The molecule has 0 aromatic heterocycles. The van der Waals surface area contributed by atoms with Crippen molar-refractivity contribution in [3.63, 3.8) is 0 Å². The first-order chi connectivity index (χ1) is 17.9. The normalized spacial score (nSPS) is 13.8. The topological polar surface area (TPSA) is 66.8 Å². The summed E-state index contributed by atoms with van der Waals surface area (Å²) < 4.78 is 33.3. The number of aliphatic carboxylic acids is 1. The summed E-state index contributed by atoms with van der Waals surface area (Å²) in [6.45, 7) is -0.100. The first kappa shape index (κ1) is 26.7. The van der Waals surface area contributed by atoms with Gasteiger partial charge in [-0.2, -0.15) is 0 Å². The number of carboxylic acid groups (broad SMARTS) is 1. The number of hydrogen-bond donors (Lipinski definition) is 1. The number of amides is 1. The van der Waals surface area contributed by atoms with Gasteiger partial charge in [-0.25, -0.2) is 8.78 Å². The van der Waals surface area contributed by atoms with Crippen LogP contribution in [0.3, 0.4) is 0 Å². The van der Waals surface area contributed by atoms with E-state index in [1.165, 1.54) is 28.8 Å². The van der Waals surface area contributed by atoms with Gasteiger partial charge in [-0.1, -0.05) is 43.5 Å². The Morgan fingerprint density at radius 2 is 1.70 bits per heavy atom. The average molecular weight is 526 g/mol. The molecule has 4 rings (SSSR count). The molecule has 5 nitrogen and oxygen atoms in total. The van der Waals surface area contributed by atoms with Gasteiger partial charge in [0.05, 0.1) is 0 Å². The van der Waals surface area contributed by atoms with Crippen molar-refractivity contribution in [1.82, 2.24) is 4.90 Å². The number of benzene rings is 3. The second-order valence-electron chi connectivity index (χ2n) is 9.10. The van der Waals surface area contributed by atoms with Crippen LogP contribution in [0.4, 0.5) is 8.78 Å². The summed E-state index contributed by atoms with van der Waals surface area (Å²) in [5.74, 6) is -2.48. The average Bonchev–Trinajstić information content (AvgIpc) is 2.92. The zero-order valence-electron chi connectivity index (χ0n) is 20.6. The van der Waals surface area contributed by atoms with Crippen molar-refractivity contribution in [2.45, 2.75) is 49.6 Å². The van der Waals surface area contributed by atoms with E-state index in [0.717, 1.165) is 43.2 Å². The molecule has 0 unspecified atom stereocenters. The fourth-order valence-corrected chi connectivity index (χ4v) is 5.30. The van der Waals surface area contributed by atoms with Gasteiger partial charge in [0.25, 0.3) is 5.91 Å². The monoisotopic (exact) mass is 525 g/mol. The summed E-state index contributed by atoms with van der Waals surface area (Å²) in [6.07, 6.45) is 6.55. The number of carboxylic acids is 1. The number of rotatable bonds is 9. The second kappa shape index (κ2) is 12.2. The Balaban J connectivity index is 1.45. The predicted molar refractivity (Wildman–Crippen MR) is 140 cm³/mol. The number of ether oxygens (including phenoxy) is 1. The second-order valence-corrected chi connectivity index (χ2v) is 9.95. The lowest BCUT2D eigenvalue weighted by molar-refractivity contribution is -0.138. The van der Waals surface area contributed by atoms with Gasteiger partial charge in [0.1, 0.15) is 18.9 Å². The lowest BCUT2D eigenvalue weighted by Crippen LogP contribution is -2.44. The third kappa shape index (κ3) is 6.68. The van der Waals surface area contributed by atoms with E-state index < -0.39 is 17.6 Å². The Morgan fingerprint density at radius 1 is 1.00 bits per heavy atom. The van der Waals surface area contributed by atoms with E-state index in [2.05, 4.69) is 0 Å². The van der Waals surface area contributed by atoms with Crippen LogP contribution in [-0.4, -0.2) is 40.7 Å². The van der Waals surface area contributed by atoms with Gasteiger partial charge in [0, 0.05) is 16.5 Å². The van der Waals surface area contributed by atoms with Crippen molar-refractivity contribution in [2.24, 2.45) is 0 Å². The first-order valence-corrected chi connectivity index (χ1v) is 13.5. The fourth-order valence-electron chi connectivity index (χ4n) is 4.69. The molecular formula is C29H29F2NO4S. The van der Waals surface area contributed by atoms with E-state index in [1.807, 2.05) is 12.3 Å². The van der Waals surface area contributed by atoms with Gasteiger partial charge in [0.15, 0.2) is 11.6 Å². The molecule has 0 spiro atoms. The number of halogens is 2. The van der Waals surface area contributed by atoms with Crippen LogP contribution in [0.1, 0.15) is 48.0 Å². The molecule has 0 heterocycles. The first-order valence-electron chi connectivity index (χ1n) is 12.2. The fraction of sp³-hybridized carbons (Fsp3) is 0.310. The highest BCUT2D eigenvalue weighted by Crippen LogP contribution is 2.33. The van der Waals surface area contributed by atoms with Crippen LogP contribution in [0.2, 0.25) is 0 Å². The molecule has 0 aliphatic heterocycles. The van der Waals surface area contributed by atoms with Crippen molar-refractivity contribution in [1.29, 1.82) is 0 Å². The molecule has 3 aromatic rings. The molecule has 3 aromatic carbocycles. The molecule has 0 radical (unpaired) electrons. The molecule has 1 aliphatic carbocycles. The van der Waals surface area contributed by atoms with Crippen LogP contribution in [-0.2, 0) is 11.4 Å². The molecule has 1 amide bonds. The van der Waals surface area contributed by atoms with Crippen LogP contribution in [0.15, 0.2) is 65.6 Å². The lowest BCUT2D eigenvalue weighted by atomic mass is 9.93. The quantitative estimate of drug-likeness (QED) is 0.312. The molecule has 37 heavy (non-hydrogen) atoms. The Labute approximate surface area is 219 Å². The third-order valence-electron chi connectivity index (χ3n) is 6.57. The standard InChI is InChI=1S/C29H29F2NO4S/c1-37-27-16-26(31)25(30)15-24(27)20-10-12-23(13-11-20)36-18-19-6-5-7-21(14-19)29(35)32(17-28(33)34)22-8-3-2-4-9-22/h5-7,10-16,22H,2-4,8-9,17-18H2,1H3,(H,33,34). The summed E-state index contributed by atoms with van der Waals surface area (Å²) in [5, 5.41) is 9.37. The number of thioether (sulfide) groups is 1. The zero-order chi connectivity index (χ0) is 26.4.